The number of morpholine rings is 1. The van der Waals surface area contributed by atoms with Crippen molar-refractivity contribution in [1.82, 2.24) is 15.1 Å². The minimum Gasteiger partial charge on any atom is -0.371 e. The first-order chi connectivity index (χ1) is 14.1. The molecular formula is C22H21N5O2. The molecule has 2 N–H and O–H groups in total. The van der Waals surface area contributed by atoms with Crippen molar-refractivity contribution in [1.29, 1.82) is 5.26 Å². The van der Waals surface area contributed by atoms with Crippen LogP contribution in [0.5, 0.6) is 0 Å². The van der Waals surface area contributed by atoms with Crippen LogP contribution >= 0.6 is 0 Å². The molecule has 29 heavy (non-hydrogen) atoms. The SMILES string of the molecule is Cn1nc(-c2ccc(C#N)cc2)cc1C(=O)Nc1ccc([C@H]2CNCCO2)cc1. The maximum atomic E-state index is 12.7. The Labute approximate surface area is 168 Å². The summed E-state index contributed by atoms with van der Waals surface area (Å²) in [6, 6.07) is 18.6. The molecule has 0 saturated carbocycles. The predicted octanol–water partition coefficient (Wildman–Crippen LogP) is 2.87. The number of nitrogens with zero attached hydrogens (tertiary/aromatic N) is 3. The molecule has 1 saturated heterocycles. The molecule has 0 unspecified atom stereocenters. The molecule has 1 fully saturated rings. The highest BCUT2D eigenvalue weighted by Crippen LogP contribution is 2.22. The number of nitriles is 1. The third-order valence-corrected chi connectivity index (χ3v) is 4.89. The molecule has 4 rings (SSSR count). The van der Waals surface area contributed by atoms with E-state index in [1.54, 1.807) is 29.9 Å². The Bertz CT molecular complexity index is 1040. The van der Waals surface area contributed by atoms with Crippen LogP contribution in [0.3, 0.4) is 0 Å². The zero-order valence-corrected chi connectivity index (χ0v) is 16.1. The zero-order valence-electron chi connectivity index (χ0n) is 16.1. The second kappa shape index (κ2) is 8.27. The third-order valence-electron chi connectivity index (χ3n) is 4.89. The van der Waals surface area contributed by atoms with E-state index in [-0.39, 0.29) is 12.0 Å². The standard InChI is InChI=1S/C22H21N5O2/c1-27-20(12-19(26-27)16-4-2-15(13-23)3-5-16)22(28)25-18-8-6-17(7-9-18)21-14-24-10-11-29-21/h2-9,12,21,24H,10-11,14H2,1H3,(H,25,28)/t21-/m1/s1. The zero-order chi connectivity index (χ0) is 20.2. The smallest absolute Gasteiger partial charge is 0.273 e. The molecule has 7 heteroatoms. The minimum atomic E-state index is -0.233. The largest absolute Gasteiger partial charge is 0.371 e. The second-order valence-electron chi connectivity index (χ2n) is 6.87. The summed E-state index contributed by atoms with van der Waals surface area (Å²) in [5, 5.41) is 19.6. The van der Waals surface area contributed by atoms with Gasteiger partial charge in [-0.3, -0.25) is 9.48 Å². The summed E-state index contributed by atoms with van der Waals surface area (Å²) in [6.45, 7) is 2.36. The number of aromatic nitrogens is 2. The molecule has 1 aliphatic heterocycles. The van der Waals surface area contributed by atoms with Gasteiger partial charge in [0.2, 0.25) is 0 Å². The first kappa shape index (κ1) is 18.9. The van der Waals surface area contributed by atoms with Gasteiger partial charge in [0.1, 0.15) is 5.69 Å². The molecule has 2 heterocycles. The number of benzene rings is 2. The van der Waals surface area contributed by atoms with E-state index in [9.17, 15) is 4.79 Å². The van der Waals surface area contributed by atoms with Crippen molar-refractivity contribution in [3.8, 4) is 17.3 Å². The van der Waals surface area contributed by atoms with Gasteiger partial charge >= 0.3 is 0 Å². The number of carbonyl (C=O) groups is 1. The van der Waals surface area contributed by atoms with E-state index in [1.165, 1.54) is 0 Å². The number of hydrogen-bond acceptors (Lipinski definition) is 5. The maximum Gasteiger partial charge on any atom is 0.273 e. The highest BCUT2D eigenvalue weighted by atomic mass is 16.5. The summed E-state index contributed by atoms with van der Waals surface area (Å²) in [5.41, 5.74) is 4.36. The lowest BCUT2D eigenvalue weighted by atomic mass is 10.1. The lowest BCUT2D eigenvalue weighted by Crippen LogP contribution is -2.33. The predicted molar refractivity (Wildman–Crippen MR) is 109 cm³/mol. The van der Waals surface area contributed by atoms with Crippen molar-refractivity contribution in [3.05, 3.63) is 71.4 Å². The molecule has 1 amide bonds. The number of ether oxygens (including phenoxy) is 1. The highest BCUT2D eigenvalue weighted by Gasteiger charge is 2.17. The fourth-order valence-electron chi connectivity index (χ4n) is 3.29. The minimum absolute atomic E-state index is 0.0422. The van der Waals surface area contributed by atoms with Crippen LogP contribution in [0, 0.1) is 11.3 Å². The van der Waals surface area contributed by atoms with Crippen LogP contribution in [0.4, 0.5) is 5.69 Å². The van der Waals surface area contributed by atoms with E-state index in [4.69, 9.17) is 10.00 Å². The van der Waals surface area contributed by atoms with Crippen LogP contribution in [-0.2, 0) is 11.8 Å². The van der Waals surface area contributed by atoms with Gasteiger partial charge in [-0.25, -0.2) is 0 Å². The molecule has 3 aromatic rings. The molecule has 0 aliphatic carbocycles. The Kier molecular flexibility index (Phi) is 5.38. The quantitative estimate of drug-likeness (QED) is 0.718. The third kappa shape index (κ3) is 4.19. The molecular weight excluding hydrogens is 366 g/mol. The first-order valence-corrected chi connectivity index (χ1v) is 9.42. The van der Waals surface area contributed by atoms with Crippen LogP contribution in [0.25, 0.3) is 11.3 Å². The van der Waals surface area contributed by atoms with Crippen LogP contribution in [0.2, 0.25) is 0 Å². The van der Waals surface area contributed by atoms with Crippen molar-refractivity contribution in [2.75, 3.05) is 25.0 Å². The Morgan fingerprint density at radius 1 is 1.24 bits per heavy atom. The maximum absolute atomic E-state index is 12.7. The molecule has 0 radical (unpaired) electrons. The summed E-state index contributed by atoms with van der Waals surface area (Å²) in [5.74, 6) is -0.233. The normalized spacial score (nSPS) is 16.2. The molecule has 1 aliphatic rings. The highest BCUT2D eigenvalue weighted by molar-refractivity contribution is 6.03. The number of rotatable bonds is 4. The van der Waals surface area contributed by atoms with Gasteiger partial charge in [0.15, 0.2) is 0 Å². The van der Waals surface area contributed by atoms with Gasteiger partial charge in [-0.2, -0.15) is 10.4 Å². The van der Waals surface area contributed by atoms with E-state index in [1.807, 2.05) is 36.4 Å². The van der Waals surface area contributed by atoms with Crippen LogP contribution in [0.1, 0.15) is 27.7 Å². The number of amides is 1. The summed E-state index contributed by atoms with van der Waals surface area (Å²) in [7, 11) is 1.73. The van der Waals surface area contributed by atoms with Gasteiger partial charge in [-0.1, -0.05) is 24.3 Å². The fourth-order valence-corrected chi connectivity index (χ4v) is 3.29. The van der Waals surface area contributed by atoms with Gasteiger partial charge in [0.05, 0.1) is 30.0 Å². The molecule has 0 spiro atoms. The van der Waals surface area contributed by atoms with E-state index in [2.05, 4.69) is 21.8 Å². The van der Waals surface area contributed by atoms with Crippen molar-refractivity contribution < 1.29 is 9.53 Å². The molecule has 1 atom stereocenters. The molecule has 2 aromatic carbocycles. The van der Waals surface area contributed by atoms with Crippen molar-refractivity contribution in [3.63, 3.8) is 0 Å². The Hall–Kier alpha value is -3.47. The summed E-state index contributed by atoms with van der Waals surface area (Å²) in [6.07, 6.45) is 0.0422. The number of nitrogens with one attached hydrogen (secondary N) is 2. The fraction of sp³-hybridized carbons (Fsp3) is 0.227. The number of anilines is 1. The topological polar surface area (TPSA) is 92.0 Å². The lowest BCUT2D eigenvalue weighted by molar-refractivity contribution is 0.0277. The molecule has 1 aromatic heterocycles. The van der Waals surface area contributed by atoms with Crippen LogP contribution < -0.4 is 10.6 Å². The van der Waals surface area contributed by atoms with Gasteiger partial charge in [0, 0.05) is 31.4 Å². The molecule has 0 bridgehead atoms. The van der Waals surface area contributed by atoms with Gasteiger partial charge in [0.25, 0.3) is 5.91 Å². The molecule has 7 nitrogen and oxygen atoms in total. The van der Waals surface area contributed by atoms with Gasteiger partial charge < -0.3 is 15.4 Å². The Balaban J connectivity index is 1.47. The lowest BCUT2D eigenvalue weighted by Gasteiger charge is -2.24. The Morgan fingerprint density at radius 2 is 2.00 bits per heavy atom. The second-order valence-corrected chi connectivity index (χ2v) is 6.87. The van der Waals surface area contributed by atoms with E-state index >= 15 is 0 Å². The summed E-state index contributed by atoms with van der Waals surface area (Å²) >= 11 is 0. The number of carbonyl (C=O) groups excluding carboxylic acids is 1. The van der Waals surface area contributed by atoms with Crippen LogP contribution in [0.15, 0.2) is 54.6 Å². The summed E-state index contributed by atoms with van der Waals surface area (Å²) in [4.78, 5) is 12.7. The number of hydrogen-bond donors (Lipinski definition) is 2. The molecule has 146 valence electrons. The monoisotopic (exact) mass is 387 g/mol. The van der Waals surface area contributed by atoms with Gasteiger partial charge in [-0.15, -0.1) is 0 Å². The average Bonchev–Trinajstić information content (AvgIpc) is 3.17. The first-order valence-electron chi connectivity index (χ1n) is 9.42. The van der Waals surface area contributed by atoms with Gasteiger partial charge in [-0.05, 0) is 35.9 Å². The average molecular weight is 387 g/mol. The summed E-state index contributed by atoms with van der Waals surface area (Å²) < 4.78 is 7.30. The van der Waals surface area contributed by atoms with Crippen LogP contribution in [-0.4, -0.2) is 35.4 Å². The van der Waals surface area contributed by atoms with Crippen molar-refractivity contribution >= 4 is 11.6 Å². The number of aryl methyl sites for hydroxylation is 1. The Morgan fingerprint density at radius 3 is 2.66 bits per heavy atom. The van der Waals surface area contributed by atoms with E-state index in [0.717, 1.165) is 24.2 Å². The van der Waals surface area contributed by atoms with E-state index < -0.39 is 0 Å². The van der Waals surface area contributed by atoms with Crippen molar-refractivity contribution in [2.24, 2.45) is 7.05 Å². The van der Waals surface area contributed by atoms with Crippen molar-refractivity contribution in [2.45, 2.75) is 6.10 Å². The van der Waals surface area contributed by atoms with E-state index in [0.29, 0.717) is 29.2 Å².